The monoisotopic (exact) mass is 483 g/mol. The lowest BCUT2D eigenvalue weighted by atomic mass is 9.62. The Labute approximate surface area is 210 Å². The quantitative estimate of drug-likeness (QED) is 0.451. The number of halogens is 1. The van der Waals surface area contributed by atoms with Crippen LogP contribution < -0.4 is 0 Å². The Bertz CT molecular complexity index is 1360. The predicted octanol–water partition coefficient (Wildman–Crippen LogP) is 6.58. The first kappa shape index (κ1) is 23.2. The lowest BCUT2D eigenvalue weighted by Gasteiger charge is -2.44. The van der Waals surface area contributed by atoms with Crippen LogP contribution in [-0.4, -0.2) is 29.8 Å². The van der Waals surface area contributed by atoms with Gasteiger partial charge in [0, 0.05) is 5.02 Å². The Morgan fingerprint density at radius 1 is 1.06 bits per heavy atom. The minimum Gasteiger partial charge on any atom is -0.461 e. The van der Waals surface area contributed by atoms with E-state index < -0.39 is 11.4 Å². The van der Waals surface area contributed by atoms with Gasteiger partial charge in [0.1, 0.15) is 11.5 Å². The summed E-state index contributed by atoms with van der Waals surface area (Å²) >= 11 is 6.12. The number of hydrogen-bond donors (Lipinski definition) is 0. The Morgan fingerprint density at radius 2 is 1.80 bits per heavy atom. The fraction of sp³-hybridized carbons (Fsp3) is 0.241. The standard InChI is InChI=1S/C29H26ClN3O2/c1-4-29(19-9-7-6-8-10-19)26-25-22(17-24(32-26)27(34)35-5-2)18(3)11-16-23(25)33-28(29)31-21-14-12-20(30)13-15-21/h6-17,25H,4-5H2,1-3H3. The SMILES string of the molecule is CCOC(=O)C1=CC2=C(C)C=CC3=NC(=Nc4ccc(Cl)cc4)C(CC)(c4ccccc4)C(=N1)C32. The molecule has 0 radical (unpaired) electrons. The maximum absolute atomic E-state index is 12.9. The molecule has 3 aliphatic rings. The van der Waals surface area contributed by atoms with Crippen molar-refractivity contribution in [2.24, 2.45) is 20.9 Å². The van der Waals surface area contributed by atoms with E-state index in [2.05, 4.69) is 26.0 Å². The molecule has 0 fully saturated rings. The van der Waals surface area contributed by atoms with Crippen LogP contribution in [0.5, 0.6) is 0 Å². The largest absolute Gasteiger partial charge is 0.461 e. The second kappa shape index (κ2) is 9.23. The first-order valence-electron chi connectivity index (χ1n) is 11.8. The molecule has 2 aromatic rings. The van der Waals surface area contributed by atoms with Gasteiger partial charge in [0.05, 0.1) is 35.1 Å². The van der Waals surface area contributed by atoms with E-state index in [1.807, 2.05) is 60.7 Å². The van der Waals surface area contributed by atoms with Crippen LogP contribution in [0, 0.1) is 5.92 Å². The number of aliphatic imine (C=N–C) groups is 3. The van der Waals surface area contributed by atoms with Gasteiger partial charge in [0.2, 0.25) is 0 Å². The van der Waals surface area contributed by atoms with Crippen molar-refractivity contribution in [3.05, 3.63) is 100 Å². The topological polar surface area (TPSA) is 63.4 Å². The number of nitrogens with zero attached hydrogens (tertiary/aromatic N) is 3. The molecule has 0 amide bonds. The highest BCUT2D eigenvalue weighted by molar-refractivity contribution is 6.34. The third-order valence-corrected chi connectivity index (χ3v) is 7.02. The lowest BCUT2D eigenvalue weighted by Crippen LogP contribution is -2.53. The molecule has 6 heteroatoms. The molecular weight excluding hydrogens is 458 g/mol. The van der Waals surface area contributed by atoms with E-state index in [0.29, 0.717) is 23.0 Å². The zero-order chi connectivity index (χ0) is 24.6. The highest BCUT2D eigenvalue weighted by Gasteiger charge is 2.51. The van der Waals surface area contributed by atoms with Crippen molar-refractivity contribution in [2.45, 2.75) is 32.6 Å². The summed E-state index contributed by atoms with van der Waals surface area (Å²) in [6, 6.07) is 17.6. The number of allylic oxidation sites excluding steroid dienone is 5. The predicted molar refractivity (Wildman–Crippen MR) is 142 cm³/mol. The van der Waals surface area contributed by atoms with Crippen LogP contribution >= 0.6 is 11.6 Å². The van der Waals surface area contributed by atoms with Gasteiger partial charge >= 0.3 is 5.97 Å². The number of esters is 1. The molecular formula is C29H26ClN3O2. The summed E-state index contributed by atoms with van der Waals surface area (Å²) in [6.45, 7) is 6.26. The number of ether oxygens (including phenoxy) is 1. The first-order valence-corrected chi connectivity index (χ1v) is 12.2. The molecule has 2 aromatic carbocycles. The minimum atomic E-state index is -0.724. The van der Waals surface area contributed by atoms with Gasteiger partial charge in [-0.1, -0.05) is 54.9 Å². The molecule has 0 saturated carbocycles. The van der Waals surface area contributed by atoms with Crippen LogP contribution in [0.1, 0.15) is 32.8 Å². The summed E-state index contributed by atoms with van der Waals surface area (Å²) < 4.78 is 5.35. The van der Waals surface area contributed by atoms with Crippen molar-refractivity contribution in [3.63, 3.8) is 0 Å². The van der Waals surface area contributed by atoms with Crippen molar-refractivity contribution in [1.82, 2.24) is 0 Å². The third kappa shape index (κ3) is 3.90. The molecule has 0 saturated heterocycles. The molecule has 5 nitrogen and oxygen atoms in total. The molecule has 2 heterocycles. The van der Waals surface area contributed by atoms with E-state index in [9.17, 15) is 4.79 Å². The van der Waals surface area contributed by atoms with Crippen LogP contribution in [-0.2, 0) is 14.9 Å². The number of carbonyl (C=O) groups excluding carboxylic acids is 1. The minimum absolute atomic E-state index is 0.150. The summed E-state index contributed by atoms with van der Waals surface area (Å²) in [6.07, 6.45) is 6.59. The highest BCUT2D eigenvalue weighted by atomic mass is 35.5. The van der Waals surface area contributed by atoms with Gasteiger partial charge in [-0.15, -0.1) is 0 Å². The molecule has 0 aromatic heterocycles. The second-order valence-electron chi connectivity index (χ2n) is 8.73. The van der Waals surface area contributed by atoms with Gasteiger partial charge in [-0.2, -0.15) is 0 Å². The van der Waals surface area contributed by atoms with Crippen molar-refractivity contribution in [3.8, 4) is 0 Å². The molecule has 2 aliphatic heterocycles. The molecule has 35 heavy (non-hydrogen) atoms. The molecule has 176 valence electrons. The molecule has 0 N–H and O–H groups in total. The van der Waals surface area contributed by atoms with Gasteiger partial charge in [0.25, 0.3) is 0 Å². The smallest absolute Gasteiger partial charge is 0.356 e. The van der Waals surface area contributed by atoms with Gasteiger partial charge in [-0.3, -0.25) is 0 Å². The van der Waals surface area contributed by atoms with Crippen molar-refractivity contribution in [1.29, 1.82) is 0 Å². The van der Waals surface area contributed by atoms with E-state index >= 15 is 0 Å². The van der Waals surface area contributed by atoms with Crippen LogP contribution in [0.25, 0.3) is 0 Å². The van der Waals surface area contributed by atoms with Crippen LogP contribution in [0.4, 0.5) is 5.69 Å². The highest BCUT2D eigenvalue weighted by Crippen LogP contribution is 2.46. The van der Waals surface area contributed by atoms with E-state index in [-0.39, 0.29) is 12.5 Å². The lowest BCUT2D eigenvalue weighted by molar-refractivity contribution is -0.138. The number of carbonyl (C=O) groups is 1. The van der Waals surface area contributed by atoms with E-state index in [1.165, 1.54) is 0 Å². The average Bonchev–Trinajstić information content (AvgIpc) is 2.88. The zero-order valence-electron chi connectivity index (χ0n) is 20.0. The molecule has 2 atom stereocenters. The number of benzene rings is 2. The Hall–Kier alpha value is -3.57. The Morgan fingerprint density at radius 3 is 2.49 bits per heavy atom. The van der Waals surface area contributed by atoms with Crippen molar-refractivity contribution >= 4 is 40.5 Å². The number of amidine groups is 1. The Kier molecular flexibility index (Phi) is 6.12. The van der Waals surface area contributed by atoms with Crippen LogP contribution in [0.3, 0.4) is 0 Å². The normalized spacial score (nSPS) is 23.9. The summed E-state index contributed by atoms with van der Waals surface area (Å²) in [4.78, 5) is 28.0. The molecule has 0 bridgehead atoms. The van der Waals surface area contributed by atoms with Crippen LogP contribution in [0.2, 0.25) is 5.02 Å². The maximum atomic E-state index is 12.9. The molecule has 2 unspecified atom stereocenters. The van der Waals surface area contributed by atoms with E-state index in [0.717, 1.165) is 33.8 Å². The van der Waals surface area contributed by atoms with Crippen LogP contribution in [0.15, 0.2) is 105 Å². The van der Waals surface area contributed by atoms with Crippen molar-refractivity contribution < 1.29 is 9.53 Å². The Balaban J connectivity index is 1.82. The van der Waals surface area contributed by atoms with Gasteiger partial charge in [0.15, 0.2) is 0 Å². The van der Waals surface area contributed by atoms with Gasteiger partial charge in [-0.05, 0) is 73.4 Å². The van der Waals surface area contributed by atoms with E-state index in [1.54, 1.807) is 6.92 Å². The summed E-state index contributed by atoms with van der Waals surface area (Å²) in [5.41, 5.74) is 5.21. The third-order valence-electron chi connectivity index (χ3n) is 6.77. The molecule has 0 spiro atoms. The fourth-order valence-corrected chi connectivity index (χ4v) is 5.16. The number of hydrogen-bond acceptors (Lipinski definition) is 4. The maximum Gasteiger partial charge on any atom is 0.356 e. The summed E-state index contributed by atoms with van der Waals surface area (Å²) in [7, 11) is 0. The summed E-state index contributed by atoms with van der Waals surface area (Å²) in [5, 5.41) is 0.648. The zero-order valence-corrected chi connectivity index (χ0v) is 20.7. The van der Waals surface area contributed by atoms with Crippen molar-refractivity contribution in [2.75, 3.05) is 6.61 Å². The second-order valence-corrected chi connectivity index (χ2v) is 9.16. The van der Waals surface area contributed by atoms with E-state index in [4.69, 9.17) is 31.3 Å². The first-order chi connectivity index (χ1) is 17.0. The number of rotatable bonds is 5. The summed E-state index contributed by atoms with van der Waals surface area (Å²) in [5.74, 6) is 0.0707. The average molecular weight is 484 g/mol. The molecule has 5 rings (SSSR count). The fourth-order valence-electron chi connectivity index (χ4n) is 5.04. The van der Waals surface area contributed by atoms with Gasteiger partial charge < -0.3 is 4.74 Å². The molecule has 1 aliphatic carbocycles. The van der Waals surface area contributed by atoms with Gasteiger partial charge in [-0.25, -0.2) is 19.8 Å².